The third-order valence-electron chi connectivity index (χ3n) is 4.50. The number of aryl methyl sites for hydroxylation is 1. The number of nitrogens with one attached hydrogen (secondary N) is 1. The lowest BCUT2D eigenvalue weighted by Gasteiger charge is -2.21. The van der Waals surface area contributed by atoms with Gasteiger partial charge in [0.25, 0.3) is 5.91 Å². The smallest absolute Gasteiger partial charge is 0.355 e. The van der Waals surface area contributed by atoms with Crippen molar-refractivity contribution in [1.82, 2.24) is 9.88 Å². The van der Waals surface area contributed by atoms with Crippen LogP contribution in [0, 0.1) is 5.92 Å². The maximum absolute atomic E-state index is 12.6. The summed E-state index contributed by atoms with van der Waals surface area (Å²) in [5.74, 6) is -0.860. The number of nitrogens with zero attached hydrogens (tertiary/aromatic N) is 1. The summed E-state index contributed by atoms with van der Waals surface area (Å²) in [6, 6.07) is 3.77. The first kappa shape index (κ1) is 17.9. The van der Waals surface area contributed by atoms with Gasteiger partial charge in [0.2, 0.25) is 0 Å². The molecule has 0 radical (unpaired) electrons. The summed E-state index contributed by atoms with van der Waals surface area (Å²) in [5, 5.41) is 4.83. The van der Waals surface area contributed by atoms with Gasteiger partial charge < -0.3 is 19.4 Å². The number of carbonyl (C=O) groups excluding carboxylic acids is 2. The zero-order chi connectivity index (χ0) is 18.0. The lowest BCUT2D eigenvalue weighted by molar-refractivity contribution is -0.132. The molecular formula is C18H24N2O4S. The Morgan fingerprint density at radius 3 is 2.92 bits per heavy atom. The highest BCUT2D eigenvalue weighted by Crippen LogP contribution is 2.25. The molecule has 7 heteroatoms. The van der Waals surface area contributed by atoms with Gasteiger partial charge in [0, 0.05) is 20.2 Å². The fraction of sp³-hybridized carbons (Fsp3) is 0.556. The molecule has 1 saturated heterocycles. The summed E-state index contributed by atoms with van der Waals surface area (Å²) in [4.78, 5) is 25.0. The topological polar surface area (TPSA) is 69.6 Å². The third kappa shape index (κ3) is 3.88. The average Bonchev–Trinajstić information content (AvgIpc) is 3.29. The van der Waals surface area contributed by atoms with Crippen molar-refractivity contribution in [2.75, 3.05) is 13.2 Å². The number of hydrogen-bond donors (Lipinski definition) is 1. The lowest BCUT2D eigenvalue weighted by atomic mass is 10.1. The highest BCUT2D eigenvalue weighted by molar-refractivity contribution is 7.17. The Morgan fingerprint density at radius 2 is 2.28 bits per heavy atom. The minimum atomic E-state index is -0.818. The van der Waals surface area contributed by atoms with Gasteiger partial charge in [0.1, 0.15) is 5.69 Å². The van der Waals surface area contributed by atoms with E-state index in [4.69, 9.17) is 9.47 Å². The van der Waals surface area contributed by atoms with Crippen molar-refractivity contribution < 1.29 is 19.1 Å². The molecule has 0 unspecified atom stereocenters. The number of esters is 1. The number of rotatable bonds is 6. The number of hydrogen-bond acceptors (Lipinski definition) is 5. The van der Waals surface area contributed by atoms with Crippen LogP contribution in [0.4, 0.5) is 0 Å². The van der Waals surface area contributed by atoms with E-state index >= 15 is 0 Å². The highest BCUT2D eigenvalue weighted by Gasteiger charge is 2.29. The number of fused-ring (bicyclic) bond motifs is 1. The van der Waals surface area contributed by atoms with E-state index < -0.39 is 12.1 Å². The third-order valence-corrected chi connectivity index (χ3v) is 5.35. The molecule has 0 spiro atoms. The molecule has 2 aromatic heterocycles. The van der Waals surface area contributed by atoms with Gasteiger partial charge in [-0.05, 0) is 36.3 Å². The zero-order valence-electron chi connectivity index (χ0n) is 14.8. The van der Waals surface area contributed by atoms with Crippen LogP contribution < -0.4 is 5.32 Å². The van der Waals surface area contributed by atoms with E-state index in [1.807, 2.05) is 38.4 Å². The van der Waals surface area contributed by atoms with E-state index in [2.05, 4.69) is 5.32 Å². The predicted molar refractivity (Wildman–Crippen MR) is 96.8 cm³/mol. The van der Waals surface area contributed by atoms with Crippen molar-refractivity contribution in [1.29, 1.82) is 0 Å². The summed E-state index contributed by atoms with van der Waals surface area (Å²) in [6.07, 6.45) is 1.22. The normalized spacial score (nSPS) is 18.6. The molecule has 1 aliphatic heterocycles. The first-order chi connectivity index (χ1) is 12.0. The number of carbonyl (C=O) groups is 2. The van der Waals surface area contributed by atoms with E-state index in [1.165, 1.54) is 0 Å². The largest absolute Gasteiger partial charge is 0.447 e. The van der Waals surface area contributed by atoms with Gasteiger partial charge in [-0.1, -0.05) is 13.8 Å². The lowest BCUT2D eigenvalue weighted by Crippen LogP contribution is -2.43. The molecule has 3 rings (SSSR count). The van der Waals surface area contributed by atoms with Gasteiger partial charge in [-0.2, -0.15) is 0 Å². The van der Waals surface area contributed by atoms with E-state index in [9.17, 15) is 9.59 Å². The van der Waals surface area contributed by atoms with Crippen molar-refractivity contribution >= 4 is 33.4 Å². The molecule has 1 amide bonds. The molecule has 0 aromatic carbocycles. The van der Waals surface area contributed by atoms with E-state index in [0.717, 1.165) is 29.7 Å². The van der Waals surface area contributed by atoms with E-state index in [1.54, 1.807) is 15.9 Å². The molecular weight excluding hydrogens is 340 g/mol. The van der Waals surface area contributed by atoms with Crippen LogP contribution in [0.2, 0.25) is 0 Å². The van der Waals surface area contributed by atoms with Gasteiger partial charge in [-0.15, -0.1) is 11.3 Å². The van der Waals surface area contributed by atoms with Crippen LogP contribution in [-0.4, -0.2) is 41.8 Å². The van der Waals surface area contributed by atoms with Crippen LogP contribution in [0.15, 0.2) is 17.5 Å². The summed E-state index contributed by atoms with van der Waals surface area (Å²) in [7, 11) is 1.83. The quantitative estimate of drug-likeness (QED) is 0.800. The van der Waals surface area contributed by atoms with Crippen LogP contribution in [0.1, 0.15) is 37.2 Å². The van der Waals surface area contributed by atoms with Crippen LogP contribution >= 0.6 is 11.3 Å². The number of aromatic nitrogens is 1. The van der Waals surface area contributed by atoms with Crippen LogP contribution in [0.5, 0.6) is 0 Å². The highest BCUT2D eigenvalue weighted by atomic mass is 32.1. The van der Waals surface area contributed by atoms with Crippen molar-refractivity contribution in [2.24, 2.45) is 13.0 Å². The fourth-order valence-corrected chi connectivity index (χ4v) is 3.88. The van der Waals surface area contributed by atoms with Gasteiger partial charge in [-0.3, -0.25) is 4.79 Å². The molecule has 1 aliphatic rings. The van der Waals surface area contributed by atoms with Crippen molar-refractivity contribution in [3.05, 3.63) is 23.2 Å². The number of ether oxygens (including phenoxy) is 2. The fourth-order valence-electron chi connectivity index (χ4n) is 3.03. The molecule has 1 N–H and O–H groups in total. The minimum absolute atomic E-state index is 0.0622. The second-order valence-electron chi connectivity index (χ2n) is 6.71. The molecule has 1 fully saturated rings. The second-order valence-corrected chi connectivity index (χ2v) is 7.66. The van der Waals surface area contributed by atoms with Gasteiger partial charge in [-0.25, -0.2) is 4.79 Å². The van der Waals surface area contributed by atoms with Crippen molar-refractivity contribution in [3.8, 4) is 0 Å². The van der Waals surface area contributed by atoms with Gasteiger partial charge >= 0.3 is 5.97 Å². The van der Waals surface area contributed by atoms with Crippen LogP contribution in [-0.2, 0) is 21.3 Å². The number of thiophene rings is 1. The Morgan fingerprint density at radius 1 is 1.48 bits per heavy atom. The maximum atomic E-state index is 12.6. The SMILES string of the molecule is CC(C)[C@H](OC(=O)c1cc2sccc2n1C)C(=O)NC[C@@H]1CCCO1. The maximum Gasteiger partial charge on any atom is 0.355 e. The molecule has 136 valence electrons. The van der Waals surface area contributed by atoms with Gasteiger partial charge in [0.15, 0.2) is 6.10 Å². The first-order valence-electron chi connectivity index (χ1n) is 8.60. The zero-order valence-corrected chi connectivity index (χ0v) is 15.6. The molecule has 2 atom stereocenters. The summed E-state index contributed by atoms with van der Waals surface area (Å²) in [6.45, 7) is 4.94. The average molecular weight is 364 g/mol. The molecule has 25 heavy (non-hydrogen) atoms. The molecule has 3 heterocycles. The first-order valence-corrected chi connectivity index (χ1v) is 9.48. The monoisotopic (exact) mass is 364 g/mol. The molecule has 2 aromatic rings. The summed E-state index contributed by atoms with van der Waals surface area (Å²) >= 11 is 1.57. The Labute approximate surface area is 151 Å². The van der Waals surface area contributed by atoms with Crippen molar-refractivity contribution in [3.63, 3.8) is 0 Å². The molecule has 0 aliphatic carbocycles. The standard InChI is InChI=1S/C18H24N2O4S/c1-11(2)16(17(21)19-10-12-5-4-7-23-12)24-18(22)14-9-15-13(20(14)3)6-8-25-15/h6,8-9,11-12,16H,4-5,7,10H2,1-3H3,(H,19,21)/t12-,16-/m0/s1. The summed E-state index contributed by atoms with van der Waals surface area (Å²) in [5.41, 5.74) is 1.44. The molecule has 6 nitrogen and oxygen atoms in total. The number of amides is 1. The second kappa shape index (κ2) is 7.58. The Balaban J connectivity index is 1.65. The Hall–Kier alpha value is -1.86. The van der Waals surface area contributed by atoms with Crippen LogP contribution in [0.3, 0.4) is 0 Å². The Bertz CT molecular complexity index is 758. The Kier molecular flexibility index (Phi) is 5.44. The van der Waals surface area contributed by atoms with Crippen molar-refractivity contribution in [2.45, 2.75) is 38.9 Å². The summed E-state index contributed by atoms with van der Waals surface area (Å²) < 4.78 is 13.9. The molecule has 0 saturated carbocycles. The predicted octanol–water partition coefficient (Wildman–Crippen LogP) is 2.72. The minimum Gasteiger partial charge on any atom is -0.447 e. The molecule has 0 bridgehead atoms. The van der Waals surface area contributed by atoms with Crippen LogP contribution in [0.25, 0.3) is 10.2 Å². The van der Waals surface area contributed by atoms with Gasteiger partial charge in [0.05, 0.1) is 16.3 Å². The van der Waals surface area contributed by atoms with E-state index in [0.29, 0.717) is 12.2 Å². The van der Waals surface area contributed by atoms with E-state index in [-0.39, 0.29) is 17.9 Å².